The van der Waals surface area contributed by atoms with Crippen molar-refractivity contribution in [2.24, 2.45) is 0 Å². The van der Waals surface area contributed by atoms with Gasteiger partial charge in [0.15, 0.2) is 0 Å². The number of benzene rings is 1. The minimum atomic E-state index is -4.31. The van der Waals surface area contributed by atoms with E-state index in [0.29, 0.717) is 0 Å². The maximum Gasteiger partial charge on any atom is 0.416 e. The normalized spacial score (nSPS) is 12.4. The highest BCUT2D eigenvalue weighted by molar-refractivity contribution is 5.29. The van der Waals surface area contributed by atoms with E-state index in [4.69, 9.17) is 0 Å². The van der Waals surface area contributed by atoms with Crippen molar-refractivity contribution in [1.29, 1.82) is 0 Å². The first-order chi connectivity index (χ1) is 8.34. The molecule has 0 saturated heterocycles. The van der Waals surface area contributed by atoms with Crippen LogP contribution in [0.15, 0.2) is 48.7 Å². The lowest BCUT2D eigenvalue weighted by molar-refractivity contribution is -0.138. The van der Waals surface area contributed by atoms with Gasteiger partial charge < -0.3 is 4.90 Å². The van der Waals surface area contributed by atoms with E-state index in [9.17, 15) is 13.2 Å². The summed E-state index contributed by atoms with van der Waals surface area (Å²) in [4.78, 5) is 1.71. The van der Waals surface area contributed by atoms with Crippen LogP contribution >= 0.6 is 0 Å². The van der Waals surface area contributed by atoms with Crippen LogP contribution in [0, 0.1) is 0 Å². The summed E-state index contributed by atoms with van der Waals surface area (Å²) in [6, 6.07) is 5.61. The number of rotatable bonds is 4. The molecule has 0 fully saturated rings. The molecule has 1 rings (SSSR count). The molecule has 0 aliphatic carbocycles. The van der Waals surface area contributed by atoms with E-state index in [-0.39, 0.29) is 12.1 Å². The Kier molecular flexibility index (Phi) is 4.59. The quantitative estimate of drug-likeness (QED) is 0.728. The van der Waals surface area contributed by atoms with Crippen molar-refractivity contribution in [3.8, 4) is 0 Å². The van der Waals surface area contributed by atoms with Crippen LogP contribution in [0.2, 0.25) is 0 Å². The summed E-state index contributed by atoms with van der Waals surface area (Å²) in [6.45, 7) is 5.66. The van der Waals surface area contributed by atoms with Gasteiger partial charge in [0, 0.05) is 19.8 Å². The van der Waals surface area contributed by atoms with E-state index in [0.717, 1.165) is 11.6 Å². The van der Waals surface area contributed by atoms with Crippen LogP contribution < -0.4 is 0 Å². The van der Waals surface area contributed by atoms with Gasteiger partial charge in [0.2, 0.25) is 0 Å². The highest BCUT2D eigenvalue weighted by Crippen LogP contribution is 2.32. The molecule has 18 heavy (non-hydrogen) atoms. The first kappa shape index (κ1) is 14.4. The predicted molar refractivity (Wildman–Crippen MR) is 66.9 cm³/mol. The molecule has 98 valence electrons. The maximum absolute atomic E-state index is 12.8. The topological polar surface area (TPSA) is 3.24 Å². The zero-order valence-electron chi connectivity index (χ0n) is 10.5. The number of alkyl halides is 3. The van der Waals surface area contributed by atoms with Crippen LogP contribution in [0.1, 0.15) is 18.1 Å². The molecule has 1 aromatic rings. The molecular weight excluding hydrogens is 239 g/mol. The lowest BCUT2D eigenvalue weighted by atomic mass is 10.1. The van der Waals surface area contributed by atoms with Crippen LogP contribution in [0.3, 0.4) is 0 Å². The van der Waals surface area contributed by atoms with E-state index >= 15 is 0 Å². The Balaban J connectivity index is 2.95. The molecule has 0 aromatic heterocycles. The van der Waals surface area contributed by atoms with Gasteiger partial charge in [0.05, 0.1) is 5.56 Å². The van der Waals surface area contributed by atoms with Crippen molar-refractivity contribution in [3.05, 3.63) is 59.8 Å². The molecule has 4 heteroatoms. The van der Waals surface area contributed by atoms with Crippen molar-refractivity contribution < 1.29 is 13.2 Å². The maximum atomic E-state index is 12.8. The second-order valence-electron chi connectivity index (χ2n) is 4.15. The van der Waals surface area contributed by atoms with Gasteiger partial charge in [-0.15, -0.1) is 0 Å². The highest BCUT2D eigenvalue weighted by atomic mass is 19.4. The number of nitrogens with zero attached hydrogens (tertiary/aromatic N) is 1. The molecule has 0 atom stereocenters. The summed E-state index contributed by atoms with van der Waals surface area (Å²) in [5.74, 6) is 0. The van der Waals surface area contributed by atoms with Crippen LogP contribution in [0.5, 0.6) is 0 Å². The molecule has 0 aliphatic rings. The lowest BCUT2D eigenvalue weighted by Gasteiger charge is -2.18. The van der Waals surface area contributed by atoms with Gasteiger partial charge in [-0.3, -0.25) is 0 Å². The van der Waals surface area contributed by atoms with Gasteiger partial charge >= 0.3 is 6.18 Å². The average Bonchev–Trinajstić information content (AvgIpc) is 2.27. The molecule has 0 N–H and O–H groups in total. The van der Waals surface area contributed by atoms with Gasteiger partial charge in [0.1, 0.15) is 0 Å². The Morgan fingerprint density at radius 1 is 1.33 bits per heavy atom. The van der Waals surface area contributed by atoms with Crippen molar-refractivity contribution in [2.75, 3.05) is 7.05 Å². The third-order valence-electron chi connectivity index (χ3n) is 2.49. The number of halogens is 3. The fourth-order valence-electron chi connectivity index (χ4n) is 1.65. The minimum absolute atomic E-state index is 0.209. The molecule has 0 saturated carbocycles. The molecule has 0 aliphatic heterocycles. The van der Waals surface area contributed by atoms with Gasteiger partial charge in [-0.05, 0) is 24.1 Å². The Hall–Kier alpha value is -1.71. The zero-order chi connectivity index (χ0) is 13.8. The lowest BCUT2D eigenvalue weighted by Crippen LogP contribution is -2.16. The summed E-state index contributed by atoms with van der Waals surface area (Å²) < 4.78 is 38.3. The molecule has 0 unspecified atom stereocenters. The third-order valence-corrected chi connectivity index (χ3v) is 2.49. The zero-order valence-corrected chi connectivity index (χ0v) is 10.5. The first-order valence-corrected chi connectivity index (χ1v) is 5.51. The molecule has 0 spiro atoms. The van der Waals surface area contributed by atoms with Crippen LogP contribution in [-0.2, 0) is 12.7 Å². The second kappa shape index (κ2) is 5.76. The first-order valence-electron chi connectivity index (χ1n) is 5.51. The Morgan fingerprint density at radius 2 is 1.94 bits per heavy atom. The largest absolute Gasteiger partial charge is 0.416 e. The fraction of sp³-hybridized carbons (Fsp3) is 0.286. The summed E-state index contributed by atoms with van der Waals surface area (Å²) >= 11 is 0. The standard InChI is InChI=1S/C14H16F3N/c1-4-11(2)9-18(3)10-12-7-5-6-8-13(12)14(15,16)17/h4-9H,1,10H2,2-3H3/b11-9-. The van der Waals surface area contributed by atoms with Crippen LogP contribution in [-0.4, -0.2) is 11.9 Å². The highest BCUT2D eigenvalue weighted by Gasteiger charge is 2.32. The molecule has 1 aromatic carbocycles. The minimum Gasteiger partial charge on any atom is -0.376 e. The second-order valence-corrected chi connectivity index (χ2v) is 4.15. The molecule has 0 heterocycles. The summed E-state index contributed by atoms with van der Waals surface area (Å²) in [6.07, 6.45) is -0.888. The van der Waals surface area contributed by atoms with Crippen molar-refractivity contribution in [1.82, 2.24) is 4.90 Å². The van der Waals surface area contributed by atoms with E-state index in [2.05, 4.69) is 6.58 Å². The Bertz CT molecular complexity index is 447. The van der Waals surface area contributed by atoms with Crippen molar-refractivity contribution >= 4 is 0 Å². The monoisotopic (exact) mass is 255 g/mol. The van der Waals surface area contributed by atoms with Gasteiger partial charge in [-0.25, -0.2) is 0 Å². The van der Waals surface area contributed by atoms with Crippen molar-refractivity contribution in [3.63, 3.8) is 0 Å². The van der Waals surface area contributed by atoms with Gasteiger partial charge in [-0.1, -0.05) is 30.9 Å². The van der Waals surface area contributed by atoms with E-state index < -0.39 is 11.7 Å². The van der Waals surface area contributed by atoms with Gasteiger partial charge in [-0.2, -0.15) is 13.2 Å². The molecular formula is C14H16F3N. The number of hydrogen-bond donors (Lipinski definition) is 0. The number of allylic oxidation sites excluding steroid dienone is 2. The SMILES string of the molecule is C=C/C(C)=C\N(C)Cc1ccccc1C(F)(F)F. The Labute approximate surface area is 105 Å². The van der Waals surface area contributed by atoms with Crippen LogP contribution in [0.4, 0.5) is 13.2 Å². The fourth-order valence-corrected chi connectivity index (χ4v) is 1.65. The summed E-state index contributed by atoms with van der Waals surface area (Å²) in [5, 5.41) is 0. The van der Waals surface area contributed by atoms with E-state index in [1.165, 1.54) is 12.1 Å². The third kappa shape index (κ3) is 3.95. The van der Waals surface area contributed by atoms with Crippen LogP contribution in [0.25, 0.3) is 0 Å². The Morgan fingerprint density at radius 3 is 2.50 bits per heavy atom. The molecule has 0 amide bonds. The van der Waals surface area contributed by atoms with E-state index in [1.807, 2.05) is 6.92 Å². The smallest absolute Gasteiger partial charge is 0.376 e. The molecule has 0 bridgehead atoms. The van der Waals surface area contributed by atoms with E-state index in [1.54, 1.807) is 30.3 Å². The average molecular weight is 255 g/mol. The summed E-state index contributed by atoms with van der Waals surface area (Å²) in [5.41, 5.74) is 0.587. The number of hydrogen-bond acceptors (Lipinski definition) is 1. The molecule has 1 nitrogen and oxygen atoms in total. The van der Waals surface area contributed by atoms with Gasteiger partial charge in [0.25, 0.3) is 0 Å². The molecule has 0 radical (unpaired) electrons. The van der Waals surface area contributed by atoms with Crippen molar-refractivity contribution in [2.45, 2.75) is 19.6 Å². The summed E-state index contributed by atoms with van der Waals surface area (Å²) in [7, 11) is 1.74. The predicted octanol–water partition coefficient (Wildman–Crippen LogP) is 4.23.